The molecule has 0 aromatic heterocycles. The van der Waals surface area contributed by atoms with Crippen molar-refractivity contribution in [2.75, 3.05) is 19.8 Å². The number of hydrogen-bond donors (Lipinski definition) is 1. The van der Waals surface area contributed by atoms with Crippen molar-refractivity contribution in [3.8, 4) is 0 Å². The summed E-state index contributed by atoms with van der Waals surface area (Å²) in [4.78, 5) is 23.4. The van der Waals surface area contributed by atoms with Crippen molar-refractivity contribution >= 4 is 11.8 Å². The molecule has 1 atom stereocenters. The molecule has 0 aliphatic carbocycles. The maximum Gasteiger partial charge on any atom is 0.255 e. The van der Waals surface area contributed by atoms with E-state index in [1.165, 1.54) is 4.90 Å². The van der Waals surface area contributed by atoms with E-state index in [0.29, 0.717) is 0 Å². The summed E-state index contributed by atoms with van der Waals surface area (Å²) in [6.45, 7) is 1.99. The number of rotatable bonds is 2. The van der Waals surface area contributed by atoms with Crippen molar-refractivity contribution in [2.45, 2.75) is 13.0 Å². The maximum atomic E-state index is 11.1. The molecule has 0 aromatic rings. The third-order valence-corrected chi connectivity index (χ3v) is 1.77. The van der Waals surface area contributed by atoms with Crippen molar-refractivity contribution in [1.82, 2.24) is 4.90 Å². The number of ether oxygens (including phenoxy) is 1. The smallest absolute Gasteiger partial charge is 0.255 e. The fourth-order valence-corrected chi connectivity index (χ4v) is 1.10. The predicted molar refractivity (Wildman–Crippen MR) is 41.2 cm³/mol. The lowest BCUT2D eigenvalue weighted by molar-refractivity contribution is -0.160. The number of hydrogen-bond acceptors (Lipinski definition) is 4. The first-order valence-corrected chi connectivity index (χ1v) is 3.79. The summed E-state index contributed by atoms with van der Waals surface area (Å²) in [6, 6.07) is -0.228. The van der Waals surface area contributed by atoms with E-state index in [2.05, 4.69) is 0 Å². The van der Waals surface area contributed by atoms with Crippen LogP contribution in [0.1, 0.15) is 6.92 Å². The summed E-state index contributed by atoms with van der Waals surface area (Å²) >= 11 is 0. The number of nitrogens with zero attached hydrogens (tertiary/aromatic N) is 1. The second kappa shape index (κ2) is 3.64. The van der Waals surface area contributed by atoms with E-state index in [9.17, 15) is 9.59 Å². The number of nitrogens with two attached hydrogens (primary N) is 1. The summed E-state index contributed by atoms with van der Waals surface area (Å²) in [5.41, 5.74) is 5.34. The van der Waals surface area contributed by atoms with Crippen molar-refractivity contribution in [3.05, 3.63) is 0 Å². The highest BCUT2D eigenvalue weighted by Gasteiger charge is 2.29. The van der Waals surface area contributed by atoms with E-state index in [1.54, 1.807) is 6.92 Å². The number of morpholine rings is 1. The Bertz CT molecular complexity index is 189. The van der Waals surface area contributed by atoms with Crippen LogP contribution in [-0.4, -0.2) is 42.5 Å². The Kier molecular flexibility index (Phi) is 2.78. The molecule has 1 saturated heterocycles. The van der Waals surface area contributed by atoms with Gasteiger partial charge in [-0.1, -0.05) is 0 Å². The predicted octanol–water partition coefficient (Wildman–Crippen LogP) is -1.28. The Morgan fingerprint density at radius 2 is 2.00 bits per heavy atom. The molecule has 0 bridgehead atoms. The van der Waals surface area contributed by atoms with Gasteiger partial charge in [-0.15, -0.1) is 0 Å². The molecule has 5 heteroatoms. The lowest BCUT2D eigenvalue weighted by Gasteiger charge is -2.29. The van der Waals surface area contributed by atoms with Gasteiger partial charge in [0.05, 0.1) is 0 Å². The second-order valence-electron chi connectivity index (χ2n) is 2.74. The van der Waals surface area contributed by atoms with Crippen LogP contribution in [0.15, 0.2) is 0 Å². The van der Waals surface area contributed by atoms with E-state index < -0.39 is 0 Å². The van der Waals surface area contributed by atoms with Gasteiger partial charge in [-0.3, -0.25) is 14.5 Å². The lowest BCUT2D eigenvalue weighted by Crippen LogP contribution is -2.52. The minimum atomic E-state index is -0.302. The van der Waals surface area contributed by atoms with Crippen LogP contribution in [0.25, 0.3) is 0 Å². The summed E-state index contributed by atoms with van der Waals surface area (Å²) in [6.07, 6.45) is 0. The monoisotopic (exact) mass is 172 g/mol. The van der Waals surface area contributed by atoms with Crippen LogP contribution in [-0.2, 0) is 14.3 Å². The van der Waals surface area contributed by atoms with E-state index in [0.717, 1.165) is 0 Å². The van der Waals surface area contributed by atoms with E-state index >= 15 is 0 Å². The quantitative estimate of drug-likeness (QED) is 0.526. The molecule has 1 aliphatic rings. The van der Waals surface area contributed by atoms with E-state index in [4.69, 9.17) is 10.5 Å². The van der Waals surface area contributed by atoms with Crippen LogP contribution in [0.4, 0.5) is 0 Å². The van der Waals surface area contributed by atoms with Crippen molar-refractivity contribution in [1.29, 1.82) is 0 Å². The Hall–Kier alpha value is -0.940. The Morgan fingerprint density at radius 1 is 1.50 bits per heavy atom. The molecule has 1 fully saturated rings. The summed E-state index contributed by atoms with van der Waals surface area (Å²) in [5.74, 6) is -0.603. The molecule has 0 aromatic carbocycles. The third kappa shape index (κ3) is 1.62. The molecular formula is C7H12N2O3. The van der Waals surface area contributed by atoms with Gasteiger partial charge in [0.2, 0.25) is 0 Å². The van der Waals surface area contributed by atoms with Crippen LogP contribution in [0.5, 0.6) is 0 Å². The van der Waals surface area contributed by atoms with Crippen molar-refractivity contribution in [3.63, 3.8) is 0 Å². The molecular weight excluding hydrogens is 160 g/mol. The van der Waals surface area contributed by atoms with Crippen LogP contribution in [0.2, 0.25) is 0 Å². The molecule has 1 aliphatic heterocycles. The highest BCUT2D eigenvalue weighted by molar-refractivity contribution is 5.98. The van der Waals surface area contributed by atoms with Gasteiger partial charge in [-0.25, -0.2) is 0 Å². The van der Waals surface area contributed by atoms with Gasteiger partial charge in [-0.05, 0) is 6.92 Å². The zero-order valence-corrected chi connectivity index (χ0v) is 6.95. The normalized spacial score (nSPS) is 21.3. The molecule has 2 N–H and O–H groups in total. The number of carbonyl (C=O) groups excluding carboxylic acids is 2. The number of amides is 2. The first-order valence-electron chi connectivity index (χ1n) is 3.79. The van der Waals surface area contributed by atoms with Crippen LogP contribution in [0.3, 0.4) is 0 Å². The minimum absolute atomic E-state index is 0.0178. The van der Waals surface area contributed by atoms with Crippen LogP contribution >= 0.6 is 0 Å². The molecule has 2 amide bonds. The summed E-state index contributed by atoms with van der Waals surface area (Å²) in [7, 11) is 0. The molecule has 1 rings (SSSR count). The van der Waals surface area contributed by atoms with Gasteiger partial charge in [-0.2, -0.15) is 0 Å². The van der Waals surface area contributed by atoms with Gasteiger partial charge in [0.15, 0.2) is 0 Å². The highest BCUT2D eigenvalue weighted by Crippen LogP contribution is 2.05. The maximum absolute atomic E-state index is 11.1. The largest absolute Gasteiger partial charge is 0.362 e. The van der Waals surface area contributed by atoms with E-state index in [1.807, 2.05) is 0 Å². The van der Waals surface area contributed by atoms with E-state index in [-0.39, 0.29) is 37.6 Å². The highest BCUT2D eigenvalue weighted by atomic mass is 16.5. The number of carbonyl (C=O) groups is 2. The fraction of sp³-hybridized carbons (Fsp3) is 0.714. The van der Waals surface area contributed by atoms with Crippen LogP contribution in [0, 0.1) is 0 Å². The van der Waals surface area contributed by atoms with Crippen LogP contribution < -0.4 is 5.73 Å². The average Bonchev–Trinajstić information content (AvgIpc) is 2.03. The lowest BCUT2D eigenvalue weighted by atomic mass is 10.2. The van der Waals surface area contributed by atoms with Gasteiger partial charge in [0, 0.05) is 12.6 Å². The summed E-state index contributed by atoms with van der Waals surface area (Å²) < 4.78 is 4.74. The zero-order valence-electron chi connectivity index (χ0n) is 6.95. The minimum Gasteiger partial charge on any atom is -0.362 e. The summed E-state index contributed by atoms with van der Waals surface area (Å²) in [5, 5.41) is 0. The zero-order chi connectivity index (χ0) is 9.14. The first-order chi connectivity index (χ1) is 5.66. The SMILES string of the molecule is CC(CN)N1C(=O)COCC1=O. The molecule has 12 heavy (non-hydrogen) atoms. The van der Waals surface area contributed by atoms with Gasteiger partial charge in [0.1, 0.15) is 13.2 Å². The third-order valence-electron chi connectivity index (χ3n) is 1.77. The molecule has 0 spiro atoms. The Labute approximate surface area is 70.5 Å². The topological polar surface area (TPSA) is 72.6 Å². The van der Waals surface area contributed by atoms with Crippen molar-refractivity contribution < 1.29 is 14.3 Å². The van der Waals surface area contributed by atoms with Crippen molar-refractivity contribution in [2.24, 2.45) is 5.73 Å². The molecule has 1 unspecified atom stereocenters. The van der Waals surface area contributed by atoms with Gasteiger partial charge >= 0.3 is 0 Å². The molecule has 0 saturated carbocycles. The fourth-order valence-electron chi connectivity index (χ4n) is 1.10. The van der Waals surface area contributed by atoms with Gasteiger partial charge in [0.25, 0.3) is 11.8 Å². The molecule has 0 radical (unpaired) electrons. The Morgan fingerprint density at radius 3 is 2.42 bits per heavy atom. The first kappa shape index (κ1) is 9.15. The second-order valence-corrected chi connectivity index (χ2v) is 2.74. The molecule has 1 heterocycles. The molecule has 68 valence electrons. The standard InChI is InChI=1S/C7H12N2O3/c1-5(2-8)9-6(10)3-12-4-7(9)11/h5H,2-4,8H2,1H3. The number of imide groups is 1. The Balaban J connectivity index is 2.69. The van der Waals surface area contributed by atoms with Gasteiger partial charge < -0.3 is 10.5 Å². The average molecular weight is 172 g/mol. The molecule has 5 nitrogen and oxygen atoms in total.